The van der Waals surface area contributed by atoms with Crippen molar-refractivity contribution in [1.29, 1.82) is 0 Å². The number of phenols is 3. The number of benzene rings is 5. The highest BCUT2D eigenvalue weighted by Crippen LogP contribution is 2.41. The first kappa shape index (κ1) is 32.6. The molecule has 0 spiro atoms. The summed E-state index contributed by atoms with van der Waals surface area (Å²) in [6.07, 6.45) is 3.96. The van der Waals surface area contributed by atoms with E-state index >= 15 is 0 Å². The van der Waals surface area contributed by atoms with Crippen LogP contribution in [-0.4, -0.2) is 49.3 Å². The van der Waals surface area contributed by atoms with Gasteiger partial charge in [0.05, 0.1) is 6.33 Å². The zero-order valence-electron chi connectivity index (χ0n) is 26.6. The monoisotopic (exact) mass is 652 g/mol. The van der Waals surface area contributed by atoms with Gasteiger partial charge in [0.1, 0.15) is 17.3 Å². The third kappa shape index (κ3) is 7.01. The number of carbonyl (C=O) groups is 2. The van der Waals surface area contributed by atoms with Gasteiger partial charge >= 0.3 is 0 Å². The highest BCUT2D eigenvalue weighted by molar-refractivity contribution is 5.97. The van der Waals surface area contributed by atoms with Crippen LogP contribution in [0, 0.1) is 0 Å². The first-order chi connectivity index (χ1) is 23.9. The van der Waals surface area contributed by atoms with Crippen molar-refractivity contribution in [3.05, 3.63) is 179 Å². The van der Waals surface area contributed by atoms with Crippen molar-refractivity contribution < 1.29 is 24.9 Å². The summed E-state index contributed by atoms with van der Waals surface area (Å²) in [5.41, 5.74) is 3.78. The van der Waals surface area contributed by atoms with Gasteiger partial charge in [-0.25, -0.2) is 4.98 Å². The lowest BCUT2D eigenvalue weighted by atomic mass is 9.76. The summed E-state index contributed by atoms with van der Waals surface area (Å²) in [4.78, 5) is 31.9. The number of phenolic OH excluding ortho intramolecular Hbond substituents is 3. The predicted octanol–water partition coefficient (Wildman–Crippen LogP) is 5.54. The van der Waals surface area contributed by atoms with Gasteiger partial charge in [0.25, 0.3) is 5.91 Å². The number of amides is 2. The molecule has 0 saturated carbocycles. The minimum absolute atomic E-state index is 0.0223. The predicted molar refractivity (Wildman–Crippen MR) is 186 cm³/mol. The second kappa shape index (κ2) is 14.6. The van der Waals surface area contributed by atoms with Gasteiger partial charge in [0, 0.05) is 30.4 Å². The normalized spacial score (nSPS) is 11.8. The second-order valence-corrected chi connectivity index (χ2v) is 11.7. The number of aromatic hydroxyl groups is 3. The van der Waals surface area contributed by atoms with Crippen LogP contribution in [0.4, 0.5) is 0 Å². The Hall–Kier alpha value is -6.35. The van der Waals surface area contributed by atoms with Crippen molar-refractivity contribution >= 4 is 11.8 Å². The van der Waals surface area contributed by atoms with E-state index in [2.05, 4.69) is 56.6 Å². The Bertz CT molecular complexity index is 1920. The molecule has 0 aliphatic rings. The van der Waals surface area contributed by atoms with Crippen molar-refractivity contribution in [3.8, 4) is 17.2 Å². The van der Waals surface area contributed by atoms with Crippen LogP contribution in [0.1, 0.15) is 38.3 Å². The van der Waals surface area contributed by atoms with Gasteiger partial charge in [-0.3, -0.25) is 9.59 Å². The van der Waals surface area contributed by atoms with Gasteiger partial charge in [0.15, 0.2) is 11.5 Å². The van der Waals surface area contributed by atoms with Gasteiger partial charge in [-0.15, -0.1) is 0 Å². The van der Waals surface area contributed by atoms with Crippen molar-refractivity contribution in [1.82, 2.24) is 20.2 Å². The fraction of sp³-hybridized carbons (Fsp3) is 0.125. The number of carbonyl (C=O) groups excluding carboxylic acids is 2. The molecule has 0 aliphatic heterocycles. The van der Waals surface area contributed by atoms with Crippen LogP contribution < -0.4 is 10.6 Å². The van der Waals surface area contributed by atoms with Gasteiger partial charge in [-0.2, -0.15) is 0 Å². The molecule has 1 aromatic heterocycles. The first-order valence-electron chi connectivity index (χ1n) is 15.9. The Morgan fingerprint density at radius 2 is 1.29 bits per heavy atom. The van der Waals surface area contributed by atoms with Gasteiger partial charge in [-0.05, 0) is 65.1 Å². The third-order valence-electron chi connectivity index (χ3n) is 8.57. The van der Waals surface area contributed by atoms with Crippen molar-refractivity contribution in [2.75, 3.05) is 6.54 Å². The summed E-state index contributed by atoms with van der Waals surface area (Å²) >= 11 is 0. The lowest BCUT2D eigenvalue weighted by Crippen LogP contribution is -2.49. The smallest absolute Gasteiger partial charge is 0.251 e. The van der Waals surface area contributed by atoms with Crippen molar-refractivity contribution in [2.45, 2.75) is 24.4 Å². The molecule has 0 aliphatic carbocycles. The number of hydrogen-bond donors (Lipinski definition) is 5. The topological polar surface area (TPSA) is 137 Å². The Kier molecular flexibility index (Phi) is 9.71. The van der Waals surface area contributed by atoms with Crippen molar-refractivity contribution in [2.24, 2.45) is 0 Å². The summed E-state index contributed by atoms with van der Waals surface area (Å²) in [5.74, 6) is -1.33. The van der Waals surface area contributed by atoms with E-state index in [9.17, 15) is 24.9 Å². The number of aromatic nitrogens is 2. The molecule has 5 N–H and O–H groups in total. The van der Waals surface area contributed by atoms with E-state index < -0.39 is 23.4 Å². The molecule has 6 aromatic rings. The van der Waals surface area contributed by atoms with Crippen LogP contribution in [0.15, 0.2) is 146 Å². The minimum Gasteiger partial charge on any atom is -0.508 e. The Labute approximate surface area is 284 Å². The van der Waals surface area contributed by atoms with Gasteiger partial charge in [-0.1, -0.05) is 97.1 Å². The largest absolute Gasteiger partial charge is 0.508 e. The molecule has 9 nitrogen and oxygen atoms in total. The van der Waals surface area contributed by atoms with E-state index in [1.807, 2.05) is 54.6 Å². The molecule has 49 heavy (non-hydrogen) atoms. The standard InChI is InChI=1S/C40H36N4O5/c45-34-19-17-29(18-20-34)38(48)43-35(39(49)42-23-22-28-16-21-36(46)37(47)24-28)25-33-26-41-27-44(33)40(30-10-4-1-5-11-30,31-12-6-2-7-13-31)32-14-8-3-9-15-32/h1-21,24,26-27,35,45-47H,22-23,25H2,(H,42,49)(H,43,48)/t35-/m0/s1. The zero-order chi connectivity index (χ0) is 34.2. The number of rotatable bonds is 12. The molecule has 246 valence electrons. The molecule has 6 rings (SSSR count). The lowest BCUT2D eigenvalue weighted by molar-refractivity contribution is -0.122. The zero-order valence-corrected chi connectivity index (χ0v) is 26.6. The number of hydrogen-bond acceptors (Lipinski definition) is 6. The summed E-state index contributed by atoms with van der Waals surface area (Å²) in [6.45, 7) is 0.218. The maximum atomic E-state index is 13.9. The Morgan fingerprint density at radius 1 is 0.714 bits per heavy atom. The van der Waals surface area contributed by atoms with E-state index in [1.165, 1.54) is 36.4 Å². The SMILES string of the molecule is O=C(N[C@@H](Cc1cncn1C(c1ccccc1)(c1ccccc1)c1ccccc1)C(=O)NCCc1ccc(O)c(O)c1)c1ccc(O)cc1. The van der Waals surface area contributed by atoms with E-state index in [0.717, 1.165) is 22.3 Å². The maximum absolute atomic E-state index is 13.9. The average Bonchev–Trinajstić information content (AvgIpc) is 3.59. The van der Waals surface area contributed by atoms with E-state index in [-0.39, 0.29) is 35.8 Å². The molecule has 9 heteroatoms. The Morgan fingerprint density at radius 3 is 1.84 bits per heavy atom. The summed E-state index contributed by atoms with van der Waals surface area (Å²) in [6, 6.07) is 39.6. The van der Waals surface area contributed by atoms with Gasteiger partial charge < -0.3 is 30.5 Å². The molecule has 0 fully saturated rings. The van der Waals surface area contributed by atoms with Crippen LogP contribution in [0.5, 0.6) is 17.2 Å². The lowest BCUT2D eigenvalue weighted by Gasteiger charge is -2.39. The van der Waals surface area contributed by atoms with Gasteiger partial charge in [0.2, 0.25) is 5.91 Å². The maximum Gasteiger partial charge on any atom is 0.251 e. The molecule has 5 aromatic carbocycles. The molecule has 0 saturated heterocycles. The van der Waals surface area contributed by atoms with Crippen LogP contribution >= 0.6 is 0 Å². The molecule has 0 radical (unpaired) electrons. The van der Waals surface area contributed by atoms with Crippen LogP contribution in [0.2, 0.25) is 0 Å². The highest BCUT2D eigenvalue weighted by atomic mass is 16.3. The molecular weight excluding hydrogens is 616 g/mol. The van der Waals surface area contributed by atoms with E-state index in [1.54, 1.807) is 18.6 Å². The molecular formula is C40H36N4O5. The summed E-state index contributed by atoms with van der Waals surface area (Å²) < 4.78 is 2.07. The average molecular weight is 653 g/mol. The van der Waals surface area contributed by atoms with Crippen LogP contribution in [0.3, 0.4) is 0 Å². The summed E-state index contributed by atoms with van der Waals surface area (Å²) in [7, 11) is 0. The van der Waals surface area contributed by atoms with Crippen LogP contribution in [-0.2, 0) is 23.2 Å². The third-order valence-corrected chi connectivity index (χ3v) is 8.57. The molecule has 2 amide bonds. The fourth-order valence-electron chi connectivity index (χ4n) is 6.18. The van der Waals surface area contributed by atoms with Crippen molar-refractivity contribution in [3.63, 3.8) is 0 Å². The number of nitrogens with one attached hydrogen (secondary N) is 2. The van der Waals surface area contributed by atoms with Crippen LogP contribution in [0.25, 0.3) is 0 Å². The Balaban J connectivity index is 1.38. The van der Waals surface area contributed by atoms with E-state index in [0.29, 0.717) is 12.1 Å². The minimum atomic E-state index is -1.01. The molecule has 0 bridgehead atoms. The number of nitrogens with zero attached hydrogens (tertiary/aromatic N) is 2. The second-order valence-electron chi connectivity index (χ2n) is 11.7. The molecule has 0 unspecified atom stereocenters. The quantitative estimate of drug-likeness (QED) is 0.0870. The highest BCUT2D eigenvalue weighted by Gasteiger charge is 2.40. The molecule has 1 atom stereocenters. The molecule has 1 heterocycles. The fourth-order valence-corrected chi connectivity index (χ4v) is 6.18. The number of imidazole rings is 1. The van der Waals surface area contributed by atoms with E-state index in [4.69, 9.17) is 0 Å². The summed E-state index contributed by atoms with van der Waals surface area (Å²) in [5, 5.41) is 35.2. The first-order valence-corrected chi connectivity index (χ1v) is 15.9.